The van der Waals surface area contributed by atoms with Crippen LogP contribution in [0.5, 0.6) is 0 Å². The van der Waals surface area contributed by atoms with Gasteiger partial charge in [0.1, 0.15) is 12.1 Å². The molecule has 1 saturated carbocycles. The molecule has 0 aromatic heterocycles. The number of nitrogens with one attached hydrogen (secondary N) is 1. The average molecular weight is 378 g/mol. The molecular formula is C17H31NO6S. The monoisotopic (exact) mass is 377 g/mol. The van der Waals surface area contributed by atoms with E-state index in [2.05, 4.69) is 5.32 Å². The van der Waals surface area contributed by atoms with Crippen LogP contribution in [0.1, 0.15) is 39.5 Å². The summed E-state index contributed by atoms with van der Waals surface area (Å²) in [7, 11) is 0. The number of aliphatic hydroxyl groups is 4. The maximum atomic E-state index is 11.4. The molecule has 2 aliphatic rings. The van der Waals surface area contributed by atoms with E-state index in [1.54, 1.807) is 0 Å². The van der Waals surface area contributed by atoms with Crippen LogP contribution in [-0.2, 0) is 4.79 Å². The van der Waals surface area contributed by atoms with Gasteiger partial charge in [0.2, 0.25) is 0 Å². The molecule has 6 N–H and O–H groups in total. The van der Waals surface area contributed by atoms with Crippen LogP contribution in [0.3, 0.4) is 0 Å². The highest BCUT2D eigenvalue weighted by Crippen LogP contribution is 2.42. The van der Waals surface area contributed by atoms with Crippen molar-refractivity contribution in [2.75, 3.05) is 6.61 Å². The number of hydrogen-bond donors (Lipinski definition) is 6. The number of aliphatic carboxylic acids is 1. The minimum atomic E-state index is -1.26. The van der Waals surface area contributed by atoms with Gasteiger partial charge in [-0.1, -0.05) is 13.8 Å². The van der Waals surface area contributed by atoms with Gasteiger partial charge in [-0.2, -0.15) is 0 Å². The van der Waals surface area contributed by atoms with Crippen LogP contribution in [0, 0.1) is 11.8 Å². The van der Waals surface area contributed by atoms with Gasteiger partial charge in [-0.3, -0.25) is 4.79 Å². The van der Waals surface area contributed by atoms with Gasteiger partial charge in [0.15, 0.2) is 0 Å². The molecule has 2 unspecified atom stereocenters. The summed E-state index contributed by atoms with van der Waals surface area (Å²) in [6, 6.07) is -0.514. The van der Waals surface area contributed by atoms with E-state index in [0.717, 1.165) is 19.3 Å². The van der Waals surface area contributed by atoms with Crippen LogP contribution >= 0.6 is 11.8 Å². The predicted molar refractivity (Wildman–Crippen MR) is 95.4 cm³/mol. The van der Waals surface area contributed by atoms with E-state index < -0.39 is 35.6 Å². The number of carboxylic acid groups (broad SMARTS) is 1. The third-order valence-corrected chi connectivity index (χ3v) is 7.06. The molecule has 0 amide bonds. The number of carbonyl (C=O) groups is 1. The Morgan fingerprint density at radius 3 is 2.40 bits per heavy atom. The van der Waals surface area contributed by atoms with Crippen molar-refractivity contribution < 1.29 is 30.3 Å². The number of rotatable bonds is 7. The molecule has 8 heteroatoms. The number of carboxylic acids is 1. The molecule has 0 spiro atoms. The first-order valence-electron chi connectivity index (χ1n) is 9.04. The number of aliphatic hydroxyl groups excluding tert-OH is 4. The Morgan fingerprint density at radius 2 is 1.84 bits per heavy atom. The van der Waals surface area contributed by atoms with E-state index in [1.807, 2.05) is 13.8 Å². The molecule has 2 rings (SSSR count). The summed E-state index contributed by atoms with van der Waals surface area (Å²) in [5.74, 6) is -0.450. The highest BCUT2D eigenvalue weighted by Gasteiger charge is 2.47. The summed E-state index contributed by atoms with van der Waals surface area (Å²) < 4.78 is 0. The van der Waals surface area contributed by atoms with Crippen LogP contribution < -0.4 is 5.32 Å². The summed E-state index contributed by atoms with van der Waals surface area (Å²) >= 11 is 1.33. The number of thioether (sulfide) groups is 1. The molecule has 0 radical (unpaired) electrons. The van der Waals surface area contributed by atoms with Crippen molar-refractivity contribution in [3.63, 3.8) is 0 Å². The van der Waals surface area contributed by atoms with Gasteiger partial charge in [-0.05, 0) is 37.5 Å². The highest BCUT2D eigenvalue weighted by atomic mass is 32.2. The van der Waals surface area contributed by atoms with Crippen LogP contribution in [0.15, 0.2) is 0 Å². The molecular weight excluding hydrogens is 346 g/mol. The standard InChI is InChI=1S/C17H31NO6S/c1-8(2)5-11(17(23)24)18-10-4-3-9(6-10)16-15(22)14(21)13(20)12(7-19)25-16/h8-16,18-22H,3-7H2,1-2H3,(H,23,24)/t9?,10?,11-,12+,13-,14-,15+,16-/m0/s1. The third-order valence-electron chi connectivity index (χ3n) is 5.31. The normalized spacial score (nSPS) is 40.4. The first-order chi connectivity index (χ1) is 11.7. The van der Waals surface area contributed by atoms with Crippen LogP contribution in [0.4, 0.5) is 0 Å². The second-order valence-electron chi connectivity index (χ2n) is 7.75. The summed E-state index contributed by atoms with van der Waals surface area (Å²) in [5, 5.41) is 51.5. The smallest absolute Gasteiger partial charge is 0.320 e. The SMILES string of the molecule is CC(C)C[C@H](NC1CCC([C@@H]2S[C@H](CO)[C@H](O)[C@H](O)[C@H]2O)C1)C(=O)O. The summed E-state index contributed by atoms with van der Waals surface area (Å²) in [6.07, 6.45) is -0.522. The fourth-order valence-electron chi connectivity index (χ4n) is 3.98. The average Bonchev–Trinajstić information content (AvgIpc) is 3.00. The Balaban J connectivity index is 1.96. The van der Waals surface area contributed by atoms with Crippen molar-refractivity contribution in [1.82, 2.24) is 5.32 Å². The maximum absolute atomic E-state index is 11.4. The molecule has 1 aliphatic carbocycles. The van der Waals surface area contributed by atoms with E-state index in [-0.39, 0.29) is 29.7 Å². The Hall–Kier alpha value is -0.380. The van der Waals surface area contributed by atoms with E-state index in [0.29, 0.717) is 6.42 Å². The second-order valence-corrected chi connectivity index (χ2v) is 9.17. The van der Waals surface area contributed by atoms with Crippen molar-refractivity contribution in [1.29, 1.82) is 0 Å². The zero-order valence-corrected chi connectivity index (χ0v) is 15.6. The predicted octanol–water partition coefficient (Wildman–Crippen LogP) is -0.197. The summed E-state index contributed by atoms with van der Waals surface area (Å²) in [4.78, 5) is 11.4. The minimum Gasteiger partial charge on any atom is -0.480 e. The van der Waals surface area contributed by atoms with Crippen molar-refractivity contribution >= 4 is 17.7 Å². The van der Waals surface area contributed by atoms with E-state index in [9.17, 15) is 30.3 Å². The molecule has 146 valence electrons. The molecule has 1 aliphatic heterocycles. The van der Waals surface area contributed by atoms with Crippen molar-refractivity contribution in [2.45, 2.75) is 80.4 Å². The van der Waals surface area contributed by atoms with Gasteiger partial charge < -0.3 is 30.8 Å². The quantitative estimate of drug-likeness (QED) is 0.360. The lowest BCUT2D eigenvalue weighted by Gasteiger charge is -2.42. The largest absolute Gasteiger partial charge is 0.480 e. The van der Waals surface area contributed by atoms with Crippen molar-refractivity contribution in [3.8, 4) is 0 Å². The molecule has 0 aromatic rings. The first kappa shape index (κ1) is 20.9. The van der Waals surface area contributed by atoms with Gasteiger partial charge >= 0.3 is 5.97 Å². The van der Waals surface area contributed by atoms with Crippen LogP contribution in [0.2, 0.25) is 0 Å². The lowest BCUT2D eigenvalue weighted by Crippen LogP contribution is -2.55. The van der Waals surface area contributed by atoms with Crippen molar-refractivity contribution in [3.05, 3.63) is 0 Å². The second kappa shape index (κ2) is 9.01. The Morgan fingerprint density at radius 1 is 1.16 bits per heavy atom. The Kier molecular flexibility index (Phi) is 7.54. The van der Waals surface area contributed by atoms with Gasteiger partial charge in [-0.25, -0.2) is 0 Å². The zero-order valence-electron chi connectivity index (χ0n) is 14.8. The topological polar surface area (TPSA) is 130 Å². The Bertz CT molecular complexity index is 449. The van der Waals surface area contributed by atoms with E-state index >= 15 is 0 Å². The Labute approximate surface area is 152 Å². The van der Waals surface area contributed by atoms with E-state index in [1.165, 1.54) is 11.8 Å². The van der Waals surface area contributed by atoms with Crippen LogP contribution in [-0.4, -0.2) is 79.0 Å². The van der Waals surface area contributed by atoms with Gasteiger partial charge in [0, 0.05) is 11.3 Å². The molecule has 2 fully saturated rings. The molecule has 0 bridgehead atoms. The molecule has 1 saturated heterocycles. The molecule has 25 heavy (non-hydrogen) atoms. The summed E-state index contributed by atoms with van der Waals surface area (Å²) in [6.45, 7) is 3.73. The van der Waals surface area contributed by atoms with Crippen LogP contribution in [0.25, 0.3) is 0 Å². The highest BCUT2D eigenvalue weighted by molar-refractivity contribution is 8.00. The molecule has 0 aromatic carbocycles. The summed E-state index contributed by atoms with van der Waals surface area (Å²) in [5.41, 5.74) is 0. The lowest BCUT2D eigenvalue weighted by molar-refractivity contribution is -0.140. The van der Waals surface area contributed by atoms with Gasteiger partial charge in [0.05, 0.1) is 24.1 Å². The van der Waals surface area contributed by atoms with E-state index in [4.69, 9.17) is 0 Å². The lowest BCUT2D eigenvalue weighted by atomic mass is 9.92. The maximum Gasteiger partial charge on any atom is 0.320 e. The fraction of sp³-hybridized carbons (Fsp3) is 0.941. The molecule has 1 heterocycles. The van der Waals surface area contributed by atoms with Gasteiger partial charge in [-0.15, -0.1) is 11.8 Å². The van der Waals surface area contributed by atoms with Gasteiger partial charge in [0.25, 0.3) is 0 Å². The molecule has 7 nitrogen and oxygen atoms in total. The minimum absolute atomic E-state index is 0.0641. The molecule has 8 atom stereocenters. The van der Waals surface area contributed by atoms with Crippen molar-refractivity contribution in [2.24, 2.45) is 11.8 Å². The number of hydrogen-bond acceptors (Lipinski definition) is 7. The fourth-order valence-corrected chi connectivity index (χ4v) is 5.59. The zero-order chi connectivity index (χ0) is 18.7. The third kappa shape index (κ3) is 5.08. The first-order valence-corrected chi connectivity index (χ1v) is 9.98.